The molecule has 2 rings (SSSR count). The predicted molar refractivity (Wildman–Crippen MR) is 48.4 cm³/mol. The third-order valence-electron chi connectivity index (χ3n) is 3.04. The van der Waals surface area contributed by atoms with Crippen molar-refractivity contribution in [3.05, 3.63) is 23.8 Å². The molecule has 0 heterocycles. The molecule has 0 amide bonds. The van der Waals surface area contributed by atoms with Gasteiger partial charge in [-0.15, -0.1) is 0 Å². The summed E-state index contributed by atoms with van der Waals surface area (Å²) < 4.78 is 0. The van der Waals surface area contributed by atoms with Crippen LogP contribution in [0.3, 0.4) is 0 Å². The van der Waals surface area contributed by atoms with Gasteiger partial charge in [-0.3, -0.25) is 0 Å². The zero-order valence-corrected chi connectivity index (χ0v) is 7.27. The molecule has 0 unspecified atom stereocenters. The van der Waals surface area contributed by atoms with Crippen LogP contribution in [0.2, 0.25) is 0 Å². The van der Waals surface area contributed by atoms with Crippen LogP contribution in [0.25, 0.3) is 0 Å². The summed E-state index contributed by atoms with van der Waals surface area (Å²) in [5.41, 5.74) is 2.07. The second kappa shape index (κ2) is 2.51. The Morgan fingerprint density at radius 1 is 1.27 bits per heavy atom. The molecule has 0 bridgehead atoms. The van der Waals surface area contributed by atoms with E-state index in [9.17, 15) is 0 Å². The van der Waals surface area contributed by atoms with Crippen molar-refractivity contribution in [2.75, 3.05) is 0 Å². The van der Waals surface area contributed by atoms with E-state index < -0.39 is 0 Å². The minimum atomic E-state index is 0.596. The zero-order chi connectivity index (χ0) is 7.73. The Kier molecular flexibility index (Phi) is 1.63. The maximum Gasteiger partial charge on any atom is -0.00780 e. The normalized spacial score (nSPS) is 27.5. The highest BCUT2D eigenvalue weighted by Crippen LogP contribution is 2.45. The third kappa shape index (κ3) is 1.26. The van der Waals surface area contributed by atoms with Gasteiger partial charge in [0.25, 0.3) is 0 Å². The van der Waals surface area contributed by atoms with E-state index in [1.807, 2.05) is 0 Å². The summed E-state index contributed by atoms with van der Waals surface area (Å²) in [5, 5.41) is 0. The molecule has 11 heavy (non-hydrogen) atoms. The molecule has 0 aliphatic heterocycles. The van der Waals surface area contributed by atoms with Crippen molar-refractivity contribution >= 4 is 0 Å². The minimum absolute atomic E-state index is 0.596. The van der Waals surface area contributed by atoms with Crippen molar-refractivity contribution in [3.8, 4) is 0 Å². The summed E-state index contributed by atoms with van der Waals surface area (Å²) in [6, 6.07) is 0. The molecule has 0 aromatic carbocycles. The Labute approximate surface area is 69.0 Å². The largest absolute Gasteiger partial charge is 0.0834 e. The predicted octanol–water partition coefficient (Wildman–Crippen LogP) is 3.45. The first kappa shape index (κ1) is 7.15. The average molecular weight is 148 g/mol. The van der Waals surface area contributed by atoms with E-state index in [1.54, 1.807) is 0 Å². The molecule has 1 fully saturated rings. The molecular formula is C11H16. The maximum atomic E-state index is 2.50. The lowest BCUT2D eigenvalue weighted by atomic mass is 9.78. The molecule has 0 atom stereocenters. The Balaban J connectivity index is 2.21. The fraction of sp³-hybridized carbons (Fsp3) is 0.636. The second-order valence-electron chi connectivity index (χ2n) is 4.06. The lowest BCUT2D eigenvalue weighted by molar-refractivity contribution is 0.396. The summed E-state index contributed by atoms with van der Waals surface area (Å²) in [5.74, 6) is 0. The lowest BCUT2D eigenvalue weighted by Crippen LogP contribution is -2.14. The first-order valence-corrected chi connectivity index (χ1v) is 4.67. The van der Waals surface area contributed by atoms with Crippen LogP contribution in [-0.4, -0.2) is 0 Å². The SMILES string of the molecule is CC1=CC2(CC=C1)CCCC2. The molecule has 0 heteroatoms. The second-order valence-corrected chi connectivity index (χ2v) is 4.06. The van der Waals surface area contributed by atoms with Crippen molar-refractivity contribution in [2.24, 2.45) is 5.41 Å². The van der Waals surface area contributed by atoms with Gasteiger partial charge in [0.2, 0.25) is 0 Å². The fourth-order valence-electron chi connectivity index (χ4n) is 2.50. The molecule has 0 nitrogen and oxygen atoms in total. The van der Waals surface area contributed by atoms with Crippen molar-refractivity contribution in [2.45, 2.75) is 39.0 Å². The summed E-state index contributed by atoms with van der Waals surface area (Å²) in [7, 11) is 0. The average Bonchev–Trinajstić information content (AvgIpc) is 2.37. The van der Waals surface area contributed by atoms with Gasteiger partial charge in [-0.25, -0.2) is 0 Å². The van der Waals surface area contributed by atoms with Gasteiger partial charge in [0, 0.05) is 0 Å². The molecule has 0 N–H and O–H groups in total. The van der Waals surface area contributed by atoms with Gasteiger partial charge in [-0.05, 0) is 31.6 Å². The molecule has 0 saturated heterocycles. The van der Waals surface area contributed by atoms with E-state index >= 15 is 0 Å². The molecule has 1 spiro atoms. The minimum Gasteiger partial charge on any atom is -0.0834 e. The summed E-state index contributed by atoms with van der Waals surface area (Å²) in [6.07, 6.45) is 14.1. The topological polar surface area (TPSA) is 0 Å². The van der Waals surface area contributed by atoms with Crippen molar-refractivity contribution in [3.63, 3.8) is 0 Å². The van der Waals surface area contributed by atoms with Crippen LogP contribution >= 0.6 is 0 Å². The third-order valence-corrected chi connectivity index (χ3v) is 3.04. The van der Waals surface area contributed by atoms with Crippen LogP contribution < -0.4 is 0 Å². The van der Waals surface area contributed by atoms with Crippen LogP contribution in [0.15, 0.2) is 23.8 Å². The lowest BCUT2D eigenvalue weighted by Gasteiger charge is -2.26. The van der Waals surface area contributed by atoms with E-state index in [1.165, 1.54) is 37.7 Å². The fourth-order valence-corrected chi connectivity index (χ4v) is 2.50. The Bertz CT molecular complexity index is 202. The van der Waals surface area contributed by atoms with Crippen LogP contribution in [0.1, 0.15) is 39.0 Å². The first-order valence-electron chi connectivity index (χ1n) is 4.67. The molecule has 0 radical (unpaired) electrons. The molecule has 2 aliphatic carbocycles. The van der Waals surface area contributed by atoms with Crippen molar-refractivity contribution in [1.29, 1.82) is 0 Å². The standard InChI is InChI=1S/C11H16/c1-10-5-4-8-11(9-10)6-2-3-7-11/h4-5,9H,2-3,6-8H2,1H3. The van der Waals surface area contributed by atoms with Gasteiger partial charge in [-0.1, -0.05) is 36.6 Å². The molecule has 60 valence electrons. The summed E-state index contributed by atoms with van der Waals surface area (Å²) >= 11 is 0. The number of hydrogen-bond donors (Lipinski definition) is 0. The highest BCUT2D eigenvalue weighted by molar-refractivity contribution is 5.25. The van der Waals surface area contributed by atoms with Gasteiger partial charge < -0.3 is 0 Å². The van der Waals surface area contributed by atoms with E-state index in [4.69, 9.17) is 0 Å². The summed E-state index contributed by atoms with van der Waals surface area (Å²) in [6.45, 7) is 2.22. The molecule has 2 aliphatic rings. The quantitative estimate of drug-likeness (QED) is 0.493. The van der Waals surface area contributed by atoms with Gasteiger partial charge in [-0.2, -0.15) is 0 Å². The molecule has 1 saturated carbocycles. The Morgan fingerprint density at radius 3 is 2.64 bits per heavy atom. The Hall–Kier alpha value is -0.520. The highest BCUT2D eigenvalue weighted by atomic mass is 14.4. The monoisotopic (exact) mass is 148 g/mol. The smallest absolute Gasteiger partial charge is 0.00780 e. The number of rotatable bonds is 0. The van der Waals surface area contributed by atoms with Gasteiger partial charge >= 0.3 is 0 Å². The molecule has 0 aromatic heterocycles. The van der Waals surface area contributed by atoms with Crippen LogP contribution in [0, 0.1) is 5.41 Å². The van der Waals surface area contributed by atoms with E-state index in [-0.39, 0.29) is 0 Å². The van der Waals surface area contributed by atoms with Crippen molar-refractivity contribution in [1.82, 2.24) is 0 Å². The maximum absolute atomic E-state index is 2.50. The highest BCUT2D eigenvalue weighted by Gasteiger charge is 2.31. The van der Waals surface area contributed by atoms with E-state index in [0.29, 0.717) is 5.41 Å². The molecule has 0 aromatic rings. The van der Waals surface area contributed by atoms with Crippen LogP contribution in [-0.2, 0) is 0 Å². The van der Waals surface area contributed by atoms with Crippen molar-refractivity contribution < 1.29 is 0 Å². The van der Waals surface area contributed by atoms with E-state index in [0.717, 1.165) is 0 Å². The summed E-state index contributed by atoms with van der Waals surface area (Å²) in [4.78, 5) is 0. The van der Waals surface area contributed by atoms with Gasteiger partial charge in [0.1, 0.15) is 0 Å². The zero-order valence-electron chi connectivity index (χ0n) is 7.27. The Morgan fingerprint density at radius 2 is 2.00 bits per heavy atom. The van der Waals surface area contributed by atoms with Gasteiger partial charge in [0.05, 0.1) is 0 Å². The number of allylic oxidation sites excluding steroid dienone is 4. The van der Waals surface area contributed by atoms with E-state index in [2.05, 4.69) is 25.2 Å². The first-order chi connectivity index (χ1) is 5.31. The van der Waals surface area contributed by atoms with Gasteiger partial charge in [0.15, 0.2) is 0 Å². The van der Waals surface area contributed by atoms with Crippen LogP contribution in [0.5, 0.6) is 0 Å². The number of hydrogen-bond acceptors (Lipinski definition) is 0. The van der Waals surface area contributed by atoms with Crippen LogP contribution in [0.4, 0.5) is 0 Å². The molecular weight excluding hydrogens is 132 g/mol.